The van der Waals surface area contributed by atoms with Gasteiger partial charge in [0.1, 0.15) is 17.2 Å². The lowest BCUT2D eigenvalue weighted by atomic mass is 9.85. The third kappa shape index (κ3) is 6.11. The molecule has 0 bridgehead atoms. The molecule has 0 saturated heterocycles. The topological polar surface area (TPSA) is 44.8 Å². The van der Waals surface area contributed by atoms with E-state index in [9.17, 15) is 4.79 Å². The molecule has 4 nitrogen and oxygen atoms in total. The van der Waals surface area contributed by atoms with Crippen LogP contribution in [0.3, 0.4) is 0 Å². The van der Waals surface area contributed by atoms with E-state index in [0.29, 0.717) is 31.1 Å². The molecule has 0 aliphatic rings. The molecular formula is C25H32O4. The van der Waals surface area contributed by atoms with Gasteiger partial charge in [-0.05, 0) is 68.7 Å². The summed E-state index contributed by atoms with van der Waals surface area (Å²) in [5.74, 6) is 2.22. The van der Waals surface area contributed by atoms with Crippen molar-refractivity contribution in [3.05, 3.63) is 59.2 Å². The first-order chi connectivity index (χ1) is 13.8. The van der Waals surface area contributed by atoms with Crippen molar-refractivity contribution in [3.63, 3.8) is 0 Å². The molecule has 0 N–H and O–H groups in total. The van der Waals surface area contributed by atoms with Gasteiger partial charge in [0, 0.05) is 22.8 Å². The minimum Gasteiger partial charge on any atom is -0.494 e. The van der Waals surface area contributed by atoms with Crippen LogP contribution in [0.5, 0.6) is 17.2 Å². The molecule has 0 fully saturated rings. The smallest absolute Gasteiger partial charge is 0.185 e. The Labute approximate surface area is 174 Å². The summed E-state index contributed by atoms with van der Waals surface area (Å²) in [5, 5.41) is 0. The molecule has 0 saturated carbocycles. The zero-order valence-electron chi connectivity index (χ0n) is 18.4. The van der Waals surface area contributed by atoms with Crippen LogP contribution in [0.2, 0.25) is 0 Å². The molecule has 0 atom stereocenters. The van der Waals surface area contributed by atoms with Crippen molar-refractivity contribution < 1.29 is 19.0 Å². The fourth-order valence-electron chi connectivity index (χ4n) is 2.99. The van der Waals surface area contributed by atoms with E-state index < -0.39 is 0 Å². The van der Waals surface area contributed by atoms with E-state index in [1.807, 2.05) is 45.0 Å². The zero-order chi connectivity index (χ0) is 21.4. The number of carbonyl (C=O) groups is 1. The largest absolute Gasteiger partial charge is 0.494 e. The highest BCUT2D eigenvalue weighted by Gasteiger charge is 2.21. The summed E-state index contributed by atoms with van der Waals surface area (Å²) in [4.78, 5) is 12.6. The van der Waals surface area contributed by atoms with Gasteiger partial charge in [0.25, 0.3) is 0 Å². The summed E-state index contributed by atoms with van der Waals surface area (Å²) >= 11 is 0. The normalized spacial score (nSPS) is 11.5. The van der Waals surface area contributed by atoms with Crippen LogP contribution in [0.15, 0.2) is 42.5 Å². The molecule has 0 heterocycles. The highest BCUT2D eigenvalue weighted by Crippen LogP contribution is 2.37. The maximum atomic E-state index is 12.6. The lowest BCUT2D eigenvalue weighted by molar-refractivity contribution is 0.104. The van der Waals surface area contributed by atoms with Crippen LogP contribution in [-0.2, 0) is 5.41 Å². The molecule has 2 rings (SSSR count). The average Bonchev–Trinajstić information content (AvgIpc) is 2.67. The molecule has 0 aliphatic carbocycles. The molecule has 29 heavy (non-hydrogen) atoms. The van der Waals surface area contributed by atoms with E-state index in [0.717, 1.165) is 22.6 Å². The minimum absolute atomic E-state index is 0.0679. The standard InChI is InChI=1S/C25H32O4/c1-7-27-20-13-10-18(11-14-20)22(26)15-12-19-16-21(25(4,5)6)24(29-9-3)17-23(19)28-8-2/h10-17H,7-9H2,1-6H3. The van der Waals surface area contributed by atoms with Crippen molar-refractivity contribution in [1.82, 2.24) is 0 Å². The molecule has 0 amide bonds. The maximum absolute atomic E-state index is 12.6. The van der Waals surface area contributed by atoms with Crippen LogP contribution in [-0.4, -0.2) is 25.6 Å². The van der Waals surface area contributed by atoms with Gasteiger partial charge in [0.2, 0.25) is 0 Å². The van der Waals surface area contributed by atoms with Gasteiger partial charge in [-0.3, -0.25) is 4.79 Å². The van der Waals surface area contributed by atoms with Crippen LogP contribution in [0.4, 0.5) is 0 Å². The Morgan fingerprint density at radius 1 is 0.862 bits per heavy atom. The summed E-state index contributed by atoms with van der Waals surface area (Å²) < 4.78 is 17.1. The van der Waals surface area contributed by atoms with Crippen molar-refractivity contribution >= 4 is 11.9 Å². The highest BCUT2D eigenvalue weighted by atomic mass is 16.5. The van der Waals surface area contributed by atoms with E-state index in [4.69, 9.17) is 14.2 Å². The van der Waals surface area contributed by atoms with Crippen LogP contribution >= 0.6 is 0 Å². The Morgan fingerprint density at radius 3 is 2.00 bits per heavy atom. The van der Waals surface area contributed by atoms with E-state index >= 15 is 0 Å². The van der Waals surface area contributed by atoms with Crippen LogP contribution in [0, 0.1) is 0 Å². The number of allylic oxidation sites excluding steroid dienone is 1. The first kappa shape index (κ1) is 22.5. The van der Waals surface area contributed by atoms with E-state index in [1.165, 1.54) is 0 Å². The molecule has 0 aliphatic heterocycles. The lowest BCUT2D eigenvalue weighted by Gasteiger charge is -2.24. The SMILES string of the molecule is CCOc1ccc(C(=O)C=Cc2cc(C(C)(C)C)c(OCC)cc2OCC)cc1. The number of ketones is 1. The quantitative estimate of drug-likeness (QED) is 0.381. The van der Waals surface area contributed by atoms with Gasteiger partial charge in [-0.1, -0.05) is 20.8 Å². The zero-order valence-corrected chi connectivity index (χ0v) is 18.4. The van der Waals surface area contributed by atoms with Crippen LogP contribution in [0.1, 0.15) is 63.0 Å². The van der Waals surface area contributed by atoms with Crippen molar-refractivity contribution in [2.24, 2.45) is 0 Å². The number of benzene rings is 2. The third-order valence-electron chi connectivity index (χ3n) is 4.38. The Balaban J connectivity index is 2.37. The first-order valence-electron chi connectivity index (χ1n) is 10.2. The Morgan fingerprint density at radius 2 is 1.45 bits per heavy atom. The number of rotatable bonds is 9. The second-order valence-electron chi connectivity index (χ2n) is 7.66. The molecule has 0 radical (unpaired) electrons. The predicted molar refractivity (Wildman–Crippen MR) is 118 cm³/mol. The van der Waals surface area contributed by atoms with E-state index in [1.54, 1.807) is 18.2 Å². The Bertz CT molecular complexity index is 842. The van der Waals surface area contributed by atoms with Crippen molar-refractivity contribution in [1.29, 1.82) is 0 Å². The molecule has 0 aromatic heterocycles. The van der Waals surface area contributed by atoms with Gasteiger partial charge in [-0.25, -0.2) is 0 Å². The predicted octanol–water partition coefficient (Wildman–Crippen LogP) is 6.08. The van der Waals surface area contributed by atoms with Crippen LogP contribution in [0.25, 0.3) is 6.08 Å². The average molecular weight is 397 g/mol. The van der Waals surface area contributed by atoms with Gasteiger partial charge in [0.15, 0.2) is 5.78 Å². The monoisotopic (exact) mass is 396 g/mol. The van der Waals surface area contributed by atoms with E-state index in [2.05, 4.69) is 26.8 Å². The number of carbonyl (C=O) groups excluding carboxylic acids is 1. The molecule has 4 heteroatoms. The van der Waals surface area contributed by atoms with Gasteiger partial charge in [-0.15, -0.1) is 0 Å². The molecular weight excluding hydrogens is 364 g/mol. The fraction of sp³-hybridized carbons (Fsp3) is 0.400. The fourth-order valence-corrected chi connectivity index (χ4v) is 2.99. The van der Waals surface area contributed by atoms with Crippen molar-refractivity contribution in [3.8, 4) is 17.2 Å². The third-order valence-corrected chi connectivity index (χ3v) is 4.38. The first-order valence-corrected chi connectivity index (χ1v) is 10.2. The van der Waals surface area contributed by atoms with Gasteiger partial charge in [0.05, 0.1) is 19.8 Å². The van der Waals surface area contributed by atoms with Gasteiger partial charge < -0.3 is 14.2 Å². The molecule has 2 aromatic carbocycles. The second-order valence-corrected chi connectivity index (χ2v) is 7.66. The number of hydrogen-bond acceptors (Lipinski definition) is 4. The summed E-state index contributed by atoms with van der Waals surface area (Å²) in [5.41, 5.74) is 2.46. The van der Waals surface area contributed by atoms with Gasteiger partial charge >= 0.3 is 0 Å². The van der Waals surface area contributed by atoms with E-state index in [-0.39, 0.29) is 11.2 Å². The summed E-state index contributed by atoms with van der Waals surface area (Å²) in [6.07, 6.45) is 3.40. The molecule has 0 unspecified atom stereocenters. The highest BCUT2D eigenvalue weighted by molar-refractivity contribution is 6.07. The second kappa shape index (κ2) is 10.1. The molecule has 156 valence electrons. The Kier molecular flexibility index (Phi) is 7.89. The molecule has 2 aromatic rings. The summed E-state index contributed by atoms with van der Waals surface area (Å²) in [6.45, 7) is 14.0. The van der Waals surface area contributed by atoms with Crippen molar-refractivity contribution in [2.45, 2.75) is 47.0 Å². The van der Waals surface area contributed by atoms with Crippen LogP contribution < -0.4 is 14.2 Å². The summed E-state index contributed by atoms with van der Waals surface area (Å²) in [6, 6.07) is 11.2. The maximum Gasteiger partial charge on any atom is 0.185 e. The van der Waals surface area contributed by atoms with Crippen molar-refractivity contribution in [2.75, 3.05) is 19.8 Å². The Hall–Kier alpha value is -2.75. The lowest BCUT2D eigenvalue weighted by Crippen LogP contribution is -2.14. The minimum atomic E-state index is -0.100. The summed E-state index contributed by atoms with van der Waals surface area (Å²) in [7, 11) is 0. The molecule has 0 spiro atoms. The number of ether oxygens (including phenoxy) is 3. The van der Waals surface area contributed by atoms with Gasteiger partial charge in [-0.2, -0.15) is 0 Å². The number of hydrogen-bond donors (Lipinski definition) is 0.